The maximum atomic E-state index is 5.92. The van der Waals surface area contributed by atoms with Gasteiger partial charge in [-0.05, 0) is 49.8 Å². The SMILES string of the molecule is Cc1cc2oc(CN)c(C3CC3)c2c(C)c1Br. The van der Waals surface area contributed by atoms with Gasteiger partial charge in [0.15, 0.2) is 0 Å². The first-order chi connectivity index (χ1) is 8.13. The minimum atomic E-state index is 0.497. The first-order valence-corrected chi connectivity index (χ1v) is 6.83. The van der Waals surface area contributed by atoms with E-state index in [2.05, 4.69) is 35.8 Å². The Morgan fingerprint density at radius 2 is 2.12 bits per heavy atom. The molecule has 0 atom stereocenters. The molecule has 90 valence electrons. The summed E-state index contributed by atoms with van der Waals surface area (Å²) in [7, 11) is 0. The fourth-order valence-electron chi connectivity index (χ4n) is 2.62. The molecule has 0 unspecified atom stereocenters. The standard InChI is InChI=1S/C14H16BrNO/c1-7-5-10-12(8(2)14(7)15)13(9-3-4-9)11(6-16)17-10/h5,9H,3-4,6,16H2,1-2H3. The molecule has 1 aliphatic carbocycles. The highest BCUT2D eigenvalue weighted by atomic mass is 79.9. The number of nitrogens with two attached hydrogens (primary N) is 1. The Kier molecular flexibility index (Phi) is 2.56. The number of hydrogen-bond acceptors (Lipinski definition) is 2. The maximum Gasteiger partial charge on any atom is 0.135 e. The molecule has 2 aromatic rings. The van der Waals surface area contributed by atoms with Crippen LogP contribution in [-0.2, 0) is 6.54 Å². The third-order valence-electron chi connectivity index (χ3n) is 3.62. The summed E-state index contributed by atoms with van der Waals surface area (Å²) in [6.07, 6.45) is 2.54. The molecule has 0 amide bonds. The van der Waals surface area contributed by atoms with Crippen LogP contribution in [0.25, 0.3) is 11.0 Å². The Labute approximate surface area is 109 Å². The average molecular weight is 294 g/mol. The van der Waals surface area contributed by atoms with Crippen molar-refractivity contribution in [1.82, 2.24) is 0 Å². The first kappa shape index (κ1) is 11.3. The van der Waals surface area contributed by atoms with E-state index in [1.807, 2.05) is 0 Å². The Morgan fingerprint density at radius 1 is 1.41 bits per heavy atom. The molecule has 0 spiro atoms. The van der Waals surface area contributed by atoms with Crippen LogP contribution >= 0.6 is 15.9 Å². The topological polar surface area (TPSA) is 39.2 Å². The van der Waals surface area contributed by atoms with E-state index in [-0.39, 0.29) is 0 Å². The summed E-state index contributed by atoms with van der Waals surface area (Å²) in [5.41, 5.74) is 10.7. The van der Waals surface area contributed by atoms with E-state index >= 15 is 0 Å². The second-order valence-corrected chi connectivity index (χ2v) is 5.72. The summed E-state index contributed by atoms with van der Waals surface area (Å²) >= 11 is 3.66. The Hall–Kier alpha value is -0.800. The fraction of sp³-hybridized carbons (Fsp3) is 0.429. The maximum absolute atomic E-state index is 5.92. The van der Waals surface area contributed by atoms with Gasteiger partial charge in [0.2, 0.25) is 0 Å². The van der Waals surface area contributed by atoms with E-state index in [1.165, 1.54) is 39.4 Å². The minimum Gasteiger partial charge on any atom is -0.459 e. The van der Waals surface area contributed by atoms with Gasteiger partial charge in [0.25, 0.3) is 0 Å². The lowest BCUT2D eigenvalue weighted by Crippen LogP contribution is -1.97. The highest BCUT2D eigenvalue weighted by molar-refractivity contribution is 9.10. The Morgan fingerprint density at radius 3 is 2.71 bits per heavy atom. The Balaban J connectivity index is 2.39. The zero-order valence-corrected chi connectivity index (χ0v) is 11.7. The van der Waals surface area contributed by atoms with Crippen LogP contribution in [0, 0.1) is 13.8 Å². The summed E-state index contributed by atoms with van der Waals surface area (Å²) < 4.78 is 7.11. The van der Waals surface area contributed by atoms with Gasteiger partial charge in [0.05, 0.1) is 6.54 Å². The molecule has 1 aliphatic rings. The number of benzene rings is 1. The monoisotopic (exact) mass is 293 g/mol. The van der Waals surface area contributed by atoms with Crippen LogP contribution < -0.4 is 5.73 Å². The van der Waals surface area contributed by atoms with Gasteiger partial charge in [-0.25, -0.2) is 0 Å². The molecule has 2 nitrogen and oxygen atoms in total. The second-order valence-electron chi connectivity index (χ2n) is 4.92. The van der Waals surface area contributed by atoms with Crippen molar-refractivity contribution >= 4 is 26.9 Å². The molecule has 1 aromatic heterocycles. The molecule has 0 aliphatic heterocycles. The summed E-state index contributed by atoms with van der Waals surface area (Å²) in [5, 5.41) is 1.28. The zero-order valence-electron chi connectivity index (χ0n) is 10.1. The number of rotatable bonds is 2. The number of fused-ring (bicyclic) bond motifs is 1. The summed E-state index contributed by atoms with van der Waals surface area (Å²) in [5.74, 6) is 1.64. The van der Waals surface area contributed by atoms with Crippen molar-refractivity contribution in [3.8, 4) is 0 Å². The van der Waals surface area contributed by atoms with Crippen molar-refractivity contribution in [2.45, 2.75) is 39.2 Å². The fourth-order valence-corrected chi connectivity index (χ4v) is 2.93. The van der Waals surface area contributed by atoms with E-state index in [4.69, 9.17) is 10.2 Å². The molecule has 0 radical (unpaired) electrons. The highest BCUT2D eigenvalue weighted by Gasteiger charge is 2.31. The van der Waals surface area contributed by atoms with Crippen LogP contribution in [0.4, 0.5) is 0 Å². The van der Waals surface area contributed by atoms with Gasteiger partial charge in [-0.15, -0.1) is 0 Å². The van der Waals surface area contributed by atoms with Crippen LogP contribution in [0.15, 0.2) is 15.0 Å². The third-order valence-corrected chi connectivity index (χ3v) is 4.84. The van der Waals surface area contributed by atoms with Gasteiger partial charge >= 0.3 is 0 Å². The predicted molar refractivity (Wildman–Crippen MR) is 73.3 cm³/mol. The second kappa shape index (κ2) is 3.85. The number of halogens is 1. The van der Waals surface area contributed by atoms with Crippen LogP contribution in [0.5, 0.6) is 0 Å². The summed E-state index contributed by atoms with van der Waals surface area (Å²) in [4.78, 5) is 0. The van der Waals surface area contributed by atoms with E-state index in [0.717, 1.165) is 11.3 Å². The van der Waals surface area contributed by atoms with Crippen molar-refractivity contribution in [2.24, 2.45) is 5.73 Å². The van der Waals surface area contributed by atoms with E-state index in [9.17, 15) is 0 Å². The molecule has 1 fully saturated rings. The normalized spacial score (nSPS) is 15.8. The van der Waals surface area contributed by atoms with Crippen molar-refractivity contribution in [1.29, 1.82) is 0 Å². The number of aryl methyl sites for hydroxylation is 2. The van der Waals surface area contributed by atoms with E-state index in [0.29, 0.717) is 12.5 Å². The molecular weight excluding hydrogens is 278 g/mol. The zero-order chi connectivity index (χ0) is 12.2. The first-order valence-electron chi connectivity index (χ1n) is 6.04. The van der Waals surface area contributed by atoms with Gasteiger partial charge in [0.1, 0.15) is 11.3 Å². The van der Waals surface area contributed by atoms with E-state index < -0.39 is 0 Å². The number of furan rings is 1. The lowest BCUT2D eigenvalue weighted by molar-refractivity contribution is 0.545. The third kappa shape index (κ3) is 1.64. The molecule has 1 aromatic carbocycles. The quantitative estimate of drug-likeness (QED) is 0.903. The lowest BCUT2D eigenvalue weighted by Gasteiger charge is -2.05. The van der Waals surface area contributed by atoms with Crippen molar-refractivity contribution in [3.05, 3.63) is 33.0 Å². The van der Waals surface area contributed by atoms with Crippen LogP contribution in [0.1, 0.15) is 41.2 Å². The number of hydrogen-bond donors (Lipinski definition) is 1. The summed E-state index contributed by atoms with van der Waals surface area (Å²) in [6.45, 7) is 4.75. The molecular formula is C14H16BrNO. The van der Waals surface area contributed by atoms with Gasteiger partial charge in [-0.3, -0.25) is 0 Å². The average Bonchev–Trinajstić information content (AvgIpc) is 3.08. The van der Waals surface area contributed by atoms with Gasteiger partial charge < -0.3 is 10.2 Å². The van der Waals surface area contributed by atoms with Crippen LogP contribution in [0.2, 0.25) is 0 Å². The summed E-state index contributed by atoms with van der Waals surface area (Å²) in [6, 6.07) is 2.11. The molecule has 3 rings (SSSR count). The van der Waals surface area contributed by atoms with Gasteiger partial charge in [-0.1, -0.05) is 15.9 Å². The predicted octanol–water partition coefficient (Wildman–Crippen LogP) is 4.15. The molecule has 0 saturated heterocycles. The smallest absolute Gasteiger partial charge is 0.135 e. The minimum absolute atomic E-state index is 0.497. The lowest BCUT2D eigenvalue weighted by atomic mass is 10.0. The van der Waals surface area contributed by atoms with Crippen molar-refractivity contribution in [2.75, 3.05) is 0 Å². The molecule has 0 bridgehead atoms. The molecule has 17 heavy (non-hydrogen) atoms. The van der Waals surface area contributed by atoms with Crippen LogP contribution in [-0.4, -0.2) is 0 Å². The largest absolute Gasteiger partial charge is 0.459 e. The Bertz CT molecular complexity index is 596. The van der Waals surface area contributed by atoms with Gasteiger partial charge in [-0.2, -0.15) is 0 Å². The molecule has 3 heteroatoms. The van der Waals surface area contributed by atoms with E-state index in [1.54, 1.807) is 0 Å². The van der Waals surface area contributed by atoms with Crippen molar-refractivity contribution < 1.29 is 4.42 Å². The molecule has 1 saturated carbocycles. The van der Waals surface area contributed by atoms with Crippen LogP contribution in [0.3, 0.4) is 0 Å². The van der Waals surface area contributed by atoms with Crippen molar-refractivity contribution in [3.63, 3.8) is 0 Å². The molecule has 1 heterocycles. The van der Waals surface area contributed by atoms with Gasteiger partial charge in [0, 0.05) is 15.4 Å². The molecule has 2 N–H and O–H groups in total. The highest BCUT2D eigenvalue weighted by Crippen LogP contribution is 2.48.